The lowest BCUT2D eigenvalue weighted by Crippen LogP contribution is -2.31. The summed E-state index contributed by atoms with van der Waals surface area (Å²) < 4.78 is 6.82. The summed E-state index contributed by atoms with van der Waals surface area (Å²) in [6.45, 7) is 5.99. The highest BCUT2D eigenvalue weighted by molar-refractivity contribution is 5.75. The molecule has 3 heterocycles. The van der Waals surface area contributed by atoms with Gasteiger partial charge in [0, 0.05) is 30.6 Å². The summed E-state index contributed by atoms with van der Waals surface area (Å²) >= 11 is 0. The molecule has 0 fully saturated rings. The fourth-order valence-electron chi connectivity index (χ4n) is 3.74. The maximum absolute atomic E-state index is 11.6. The van der Waals surface area contributed by atoms with E-state index in [1.165, 1.54) is 22.8 Å². The van der Waals surface area contributed by atoms with Gasteiger partial charge in [0.25, 0.3) is 5.56 Å². The molecule has 1 aliphatic rings. The quantitative estimate of drug-likeness (QED) is 0.527. The van der Waals surface area contributed by atoms with E-state index in [0.29, 0.717) is 18.1 Å². The predicted molar refractivity (Wildman–Crippen MR) is 111 cm³/mol. The first kappa shape index (κ1) is 18.5. The number of pyridine rings is 2. The van der Waals surface area contributed by atoms with E-state index in [1.807, 2.05) is 12.1 Å². The van der Waals surface area contributed by atoms with Gasteiger partial charge in [-0.1, -0.05) is 23.8 Å². The second-order valence-electron chi connectivity index (χ2n) is 7.46. The molecule has 6 nitrogen and oxygen atoms in total. The Balaban J connectivity index is 1.25. The number of aryl methyl sites for hydroxylation is 1. The Morgan fingerprint density at radius 3 is 2.86 bits per heavy atom. The summed E-state index contributed by atoms with van der Waals surface area (Å²) in [6, 6.07) is 13.6. The third kappa shape index (κ3) is 4.02. The third-order valence-electron chi connectivity index (χ3n) is 5.32. The average molecular weight is 378 g/mol. The Morgan fingerprint density at radius 1 is 1.11 bits per heavy atom. The molecular weight excluding hydrogens is 352 g/mol. The average Bonchev–Trinajstić information content (AvgIpc) is 2.71. The highest BCUT2D eigenvalue weighted by Crippen LogP contribution is 2.20. The molecule has 6 heteroatoms. The van der Waals surface area contributed by atoms with E-state index in [0.717, 1.165) is 49.0 Å². The summed E-state index contributed by atoms with van der Waals surface area (Å²) in [5, 5.41) is 0.815. The van der Waals surface area contributed by atoms with Gasteiger partial charge in [0.15, 0.2) is 5.65 Å². The minimum atomic E-state index is -0.282. The first-order chi connectivity index (χ1) is 13.6. The molecule has 0 saturated carbocycles. The van der Waals surface area contributed by atoms with E-state index < -0.39 is 0 Å². The van der Waals surface area contributed by atoms with E-state index >= 15 is 0 Å². The van der Waals surface area contributed by atoms with Gasteiger partial charge in [-0.25, -0.2) is 4.68 Å². The Kier molecular flexibility index (Phi) is 5.30. The number of hydrogen-bond donors (Lipinski definition) is 1. The largest absolute Gasteiger partial charge is 0.478 e. The molecule has 28 heavy (non-hydrogen) atoms. The fraction of sp³-hybridized carbons (Fsp3) is 0.364. The first-order valence-corrected chi connectivity index (χ1v) is 9.81. The van der Waals surface area contributed by atoms with Crippen molar-refractivity contribution in [1.29, 1.82) is 0 Å². The van der Waals surface area contributed by atoms with Gasteiger partial charge in [-0.05, 0) is 56.0 Å². The molecule has 0 atom stereocenters. The monoisotopic (exact) mass is 378 g/mol. The Bertz CT molecular complexity index is 1040. The molecular formula is C22H26N4O2. The number of nitrogens with zero attached hydrogens (tertiary/aromatic N) is 3. The molecule has 0 saturated heterocycles. The van der Waals surface area contributed by atoms with E-state index in [9.17, 15) is 4.79 Å². The Morgan fingerprint density at radius 2 is 1.96 bits per heavy atom. The van der Waals surface area contributed by atoms with E-state index in [2.05, 4.69) is 35.0 Å². The van der Waals surface area contributed by atoms with E-state index in [4.69, 9.17) is 10.6 Å². The second kappa shape index (κ2) is 8.02. The van der Waals surface area contributed by atoms with Gasteiger partial charge in [-0.2, -0.15) is 4.98 Å². The van der Waals surface area contributed by atoms with Crippen molar-refractivity contribution in [2.24, 2.45) is 0 Å². The van der Waals surface area contributed by atoms with Gasteiger partial charge in [0.1, 0.15) is 0 Å². The number of fused-ring (bicyclic) bond motifs is 2. The Labute approximate surface area is 164 Å². The number of rotatable bonds is 6. The summed E-state index contributed by atoms with van der Waals surface area (Å²) in [6.07, 6.45) is 3.17. The molecule has 0 spiro atoms. The van der Waals surface area contributed by atoms with Crippen LogP contribution in [0.2, 0.25) is 0 Å². The normalized spacial score (nSPS) is 14.2. The molecule has 1 aromatic carbocycles. The molecule has 3 aromatic rings. The summed E-state index contributed by atoms with van der Waals surface area (Å²) in [4.78, 5) is 18.5. The molecule has 2 N–H and O–H groups in total. The number of nitrogens with two attached hydrogens (primary N) is 1. The van der Waals surface area contributed by atoms with Crippen molar-refractivity contribution in [3.05, 3.63) is 69.5 Å². The molecule has 146 valence electrons. The van der Waals surface area contributed by atoms with Gasteiger partial charge in [0.2, 0.25) is 5.88 Å². The van der Waals surface area contributed by atoms with Gasteiger partial charge < -0.3 is 10.6 Å². The summed E-state index contributed by atoms with van der Waals surface area (Å²) in [5.41, 5.74) is 4.46. The number of benzene rings is 1. The van der Waals surface area contributed by atoms with Crippen molar-refractivity contribution >= 4 is 11.0 Å². The van der Waals surface area contributed by atoms with Gasteiger partial charge in [-0.15, -0.1) is 0 Å². The van der Waals surface area contributed by atoms with E-state index in [1.54, 1.807) is 6.07 Å². The molecule has 0 radical (unpaired) electrons. The van der Waals surface area contributed by atoms with Crippen LogP contribution in [0.5, 0.6) is 5.88 Å². The number of ether oxygens (including phenoxy) is 1. The zero-order valence-electron chi connectivity index (χ0n) is 16.2. The zero-order valence-corrected chi connectivity index (χ0v) is 16.2. The van der Waals surface area contributed by atoms with Crippen LogP contribution in [0.4, 0.5) is 0 Å². The zero-order chi connectivity index (χ0) is 19.5. The number of nitrogen functional groups attached to an aromatic ring is 1. The van der Waals surface area contributed by atoms with Crippen LogP contribution in [0, 0.1) is 6.92 Å². The van der Waals surface area contributed by atoms with Crippen molar-refractivity contribution in [2.75, 3.05) is 25.5 Å². The summed E-state index contributed by atoms with van der Waals surface area (Å²) in [7, 11) is 0. The fourth-order valence-corrected chi connectivity index (χ4v) is 3.74. The maximum Gasteiger partial charge on any atom is 0.270 e. The lowest BCUT2D eigenvalue weighted by Gasteiger charge is -2.29. The molecule has 0 aliphatic carbocycles. The minimum Gasteiger partial charge on any atom is -0.478 e. The Hall–Kier alpha value is -2.86. The molecule has 1 aliphatic heterocycles. The maximum atomic E-state index is 11.6. The van der Waals surface area contributed by atoms with Crippen LogP contribution >= 0.6 is 0 Å². The lowest BCUT2D eigenvalue weighted by atomic mass is 9.97. The smallest absolute Gasteiger partial charge is 0.270 e. The van der Waals surface area contributed by atoms with Crippen molar-refractivity contribution in [2.45, 2.75) is 32.7 Å². The predicted octanol–water partition coefficient (Wildman–Crippen LogP) is 2.64. The van der Waals surface area contributed by atoms with Crippen LogP contribution in [0.25, 0.3) is 11.0 Å². The van der Waals surface area contributed by atoms with Gasteiger partial charge in [0.05, 0.1) is 6.61 Å². The van der Waals surface area contributed by atoms with Crippen molar-refractivity contribution in [3.8, 4) is 5.88 Å². The van der Waals surface area contributed by atoms with Crippen LogP contribution < -0.4 is 16.1 Å². The van der Waals surface area contributed by atoms with Crippen molar-refractivity contribution in [3.63, 3.8) is 0 Å². The van der Waals surface area contributed by atoms with Crippen molar-refractivity contribution in [1.82, 2.24) is 14.6 Å². The van der Waals surface area contributed by atoms with Crippen LogP contribution in [0.3, 0.4) is 0 Å². The lowest BCUT2D eigenvalue weighted by molar-refractivity contribution is 0.233. The first-order valence-electron chi connectivity index (χ1n) is 9.81. The number of hydrogen-bond acceptors (Lipinski definition) is 5. The molecule has 0 amide bonds. The molecule has 2 aromatic heterocycles. The SMILES string of the molecule is Cc1ccc2c(c1)CCN(CCCCOc1ccc3ccc(=O)n(N)c3n1)C2. The third-order valence-corrected chi connectivity index (χ3v) is 5.32. The standard InChI is InChI=1S/C22H26N4O2/c1-16-4-5-19-15-25(12-10-18(19)14-16)11-2-3-13-28-20-8-6-17-7-9-21(27)26(23)22(17)24-20/h4-9,14H,2-3,10-13,15,23H2,1H3. The number of unbranched alkanes of at least 4 members (excludes halogenated alkanes) is 1. The highest BCUT2D eigenvalue weighted by Gasteiger charge is 2.15. The van der Waals surface area contributed by atoms with Crippen LogP contribution in [0.15, 0.2) is 47.3 Å². The highest BCUT2D eigenvalue weighted by atomic mass is 16.5. The molecule has 0 bridgehead atoms. The van der Waals surface area contributed by atoms with Gasteiger partial charge >= 0.3 is 0 Å². The van der Waals surface area contributed by atoms with Crippen LogP contribution in [0.1, 0.15) is 29.5 Å². The molecule has 4 rings (SSSR count). The molecule has 0 unspecified atom stereocenters. The van der Waals surface area contributed by atoms with Crippen molar-refractivity contribution < 1.29 is 4.74 Å². The number of aromatic nitrogens is 2. The topological polar surface area (TPSA) is 73.4 Å². The van der Waals surface area contributed by atoms with E-state index in [-0.39, 0.29) is 5.56 Å². The summed E-state index contributed by atoms with van der Waals surface area (Å²) in [5.74, 6) is 6.27. The van der Waals surface area contributed by atoms with Gasteiger partial charge in [-0.3, -0.25) is 9.69 Å². The van der Waals surface area contributed by atoms with Crippen LogP contribution in [-0.2, 0) is 13.0 Å². The second-order valence-corrected chi connectivity index (χ2v) is 7.46. The minimum absolute atomic E-state index is 0.282. The van der Waals surface area contributed by atoms with Crippen LogP contribution in [-0.4, -0.2) is 34.3 Å².